The van der Waals surface area contributed by atoms with Gasteiger partial charge >= 0.3 is 0 Å². The lowest BCUT2D eigenvalue weighted by Crippen LogP contribution is -2.41. The standard InChI is InChI=1S/C17H25N3/c1-3-19-17(2,14-18)10-6-11-20-12-9-15-7-4-5-8-16(15)13-20/h4-5,7-8,19H,3,6,9-13H2,1-2H3. The van der Waals surface area contributed by atoms with Gasteiger partial charge in [0.2, 0.25) is 0 Å². The number of benzene rings is 1. The minimum atomic E-state index is -0.373. The van der Waals surface area contributed by atoms with Gasteiger partial charge in [0.25, 0.3) is 0 Å². The molecule has 3 heteroatoms. The van der Waals surface area contributed by atoms with Crippen molar-refractivity contribution in [3.8, 4) is 6.07 Å². The Hall–Kier alpha value is -1.37. The summed E-state index contributed by atoms with van der Waals surface area (Å²) >= 11 is 0. The average molecular weight is 271 g/mol. The van der Waals surface area contributed by atoms with Crippen LogP contribution in [0.4, 0.5) is 0 Å². The molecular weight excluding hydrogens is 246 g/mol. The summed E-state index contributed by atoms with van der Waals surface area (Å²) in [6.45, 7) is 8.18. The Balaban J connectivity index is 1.80. The molecule has 0 amide bonds. The Kier molecular flexibility index (Phi) is 5.17. The van der Waals surface area contributed by atoms with E-state index in [0.717, 1.165) is 45.4 Å². The second-order valence-corrected chi connectivity index (χ2v) is 5.87. The average Bonchev–Trinajstić information content (AvgIpc) is 2.47. The first kappa shape index (κ1) is 15.0. The van der Waals surface area contributed by atoms with Crippen LogP contribution >= 0.6 is 0 Å². The largest absolute Gasteiger partial charge is 0.300 e. The van der Waals surface area contributed by atoms with E-state index in [1.165, 1.54) is 11.1 Å². The van der Waals surface area contributed by atoms with E-state index in [2.05, 4.69) is 47.5 Å². The molecular formula is C17H25N3. The number of rotatable bonds is 6. The molecule has 20 heavy (non-hydrogen) atoms. The first-order valence-electron chi connectivity index (χ1n) is 7.62. The zero-order chi connectivity index (χ0) is 14.4. The number of hydrogen-bond donors (Lipinski definition) is 1. The third kappa shape index (κ3) is 3.82. The Morgan fingerprint density at radius 2 is 2.10 bits per heavy atom. The van der Waals surface area contributed by atoms with Crippen molar-refractivity contribution < 1.29 is 0 Å². The van der Waals surface area contributed by atoms with Crippen molar-refractivity contribution in [3.63, 3.8) is 0 Å². The van der Waals surface area contributed by atoms with Gasteiger partial charge < -0.3 is 0 Å². The summed E-state index contributed by atoms with van der Waals surface area (Å²) in [5.41, 5.74) is 2.59. The van der Waals surface area contributed by atoms with Crippen molar-refractivity contribution in [2.24, 2.45) is 0 Å². The number of hydrogen-bond acceptors (Lipinski definition) is 3. The number of nitrogens with zero attached hydrogens (tertiary/aromatic N) is 2. The Labute approximate surface area is 122 Å². The van der Waals surface area contributed by atoms with E-state index in [9.17, 15) is 5.26 Å². The van der Waals surface area contributed by atoms with Gasteiger partial charge in [-0.25, -0.2) is 0 Å². The fraction of sp³-hybridized carbons (Fsp3) is 0.588. The van der Waals surface area contributed by atoms with Gasteiger partial charge in [-0.05, 0) is 50.4 Å². The summed E-state index contributed by atoms with van der Waals surface area (Å²) in [7, 11) is 0. The van der Waals surface area contributed by atoms with Crippen LogP contribution in [0.3, 0.4) is 0 Å². The summed E-state index contributed by atoms with van der Waals surface area (Å²) in [5, 5.41) is 12.5. The molecule has 0 radical (unpaired) electrons. The molecule has 2 rings (SSSR count). The number of nitrogens with one attached hydrogen (secondary N) is 1. The van der Waals surface area contributed by atoms with Crippen LogP contribution in [0, 0.1) is 11.3 Å². The zero-order valence-electron chi connectivity index (χ0n) is 12.7. The van der Waals surface area contributed by atoms with Crippen LogP contribution in [-0.2, 0) is 13.0 Å². The molecule has 1 aromatic carbocycles. The summed E-state index contributed by atoms with van der Waals surface area (Å²) in [6.07, 6.45) is 3.13. The topological polar surface area (TPSA) is 39.1 Å². The summed E-state index contributed by atoms with van der Waals surface area (Å²) in [4.78, 5) is 2.51. The molecule has 1 N–H and O–H groups in total. The Morgan fingerprint density at radius 1 is 1.35 bits per heavy atom. The molecule has 0 aromatic heterocycles. The maximum absolute atomic E-state index is 9.26. The monoisotopic (exact) mass is 271 g/mol. The molecule has 1 aliphatic heterocycles. The van der Waals surface area contributed by atoms with Gasteiger partial charge in [0.15, 0.2) is 0 Å². The fourth-order valence-corrected chi connectivity index (χ4v) is 2.98. The second kappa shape index (κ2) is 6.88. The predicted octanol–water partition coefficient (Wildman–Crippen LogP) is 2.72. The normalized spacial score (nSPS) is 18.1. The maximum Gasteiger partial charge on any atom is 0.103 e. The highest BCUT2D eigenvalue weighted by molar-refractivity contribution is 5.29. The van der Waals surface area contributed by atoms with Crippen molar-refractivity contribution in [1.29, 1.82) is 5.26 Å². The van der Waals surface area contributed by atoms with E-state index in [1.54, 1.807) is 0 Å². The van der Waals surface area contributed by atoms with E-state index in [1.807, 2.05) is 6.92 Å². The van der Waals surface area contributed by atoms with E-state index in [4.69, 9.17) is 0 Å². The van der Waals surface area contributed by atoms with Crippen LogP contribution in [0.5, 0.6) is 0 Å². The van der Waals surface area contributed by atoms with Crippen LogP contribution in [0.1, 0.15) is 37.8 Å². The van der Waals surface area contributed by atoms with Crippen molar-refractivity contribution >= 4 is 0 Å². The summed E-state index contributed by atoms with van der Waals surface area (Å²) in [5.74, 6) is 0. The van der Waals surface area contributed by atoms with Crippen LogP contribution in [-0.4, -0.2) is 30.1 Å². The highest BCUT2D eigenvalue weighted by Crippen LogP contribution is 2.19. The molecule has 1 atom stereocenters. The number of nitriles is 1. The molecule has 0 bridgehead atoms. The van der Waals surface area contributed by atoms with Gasteiger partial charge in [-0.15, -0.1) is 0 Å². The highest BCUT2D eigenvalue weighted by Gasteiger charge is 2.22. The molecule has 3 nitrogen and oxygen atoms in total. The second-order valence-electron chi connectivity index (χ2n) is 5.87. The van der Waals surface area contributed by atoms with E-state index >= 15 is 0 Å². The first-order chi connectivity index (χ1) is 9.67. The van der Waals surface area contributed by atoms with E-state index < -0.39 is 0 Å². The minimum absolute atomic E-state index is 0.373. The molecule has 0 saturated heterocycles. The molecule has 1 heterocycles. The molecule has 0 saturated carbocycles. The van der Waals surface area contributed by atoms with Crippen LogP contribution in [0.2, 0.25) is 0 Å². The molecule has 1 aromatic rings. The van der Waals surface area contributed by atoms with Gasteiger partial charge in [0.05, 0.1) is 6.07 Å². The third-order valence-electron chi connectivity index (χ3n) is 4.17. The highest BCUT2D eigenvalue weighted by atomic mass is 15.1. The number of fused-ring (bicyclic) bond motifs is 1. The Bertz CT molecular complexity index is 477. The van der Waals surface area contributed by atoms with Crippen molar-refractivity contribution in [2.45, 2.75) is 45.2 Å². The lowest BCUT2D eigenvalue weighted by Gasteiger charge is -2.30. The molecule has 1 unspecified atom stereocenters. The van der Waals surface area contributed by atoms with Crippen LogP contribution in [0.15, 0.2) is 24.3 Å². The quantitative estimate of drug-likeness (QED) is 0.864. The van der Waals surface area contributed by atoms with E-state index in [-0.39, 0.29) is 5.54 Å². The summed E-state index contributed by atoms with van der Waals surface area (Å²) in [6, 6.07) is 11.1. The van der Waals surface area contributed by atoms with E-state index in [0.29, 0.717) is 0 Å². The van der Waals surface area contributed by atoms with Gasteiger partial charge in [-0.2, -0.15) is 5.26 Å². The van der Waals surface area contributed by atoms with Gasteiger partial charge in [-0.3, -0.25) is 10.2 Å². The van der Waals surface area contributed by atoms with Gasteiger partial charge in [-0.1, -0.05) is 31.2 Å². The minimum Gasteiger partial charge on any atom is -0.300 e. The fourth-order valence-electron chi connectivity index (χ4n) is 2.98. The molecule has 108 valence electrons. The van der Waals surface area contributed by atoms with Gasteiger partial charge in [0, 0.05) is 13.1 Å². The maximum atomic E-state index is 9.26. The lowest BCUT2D eigenvalue weighted by molar-refractivity contribution is 0.240. The van der Waals surface area contributed by atoms with Crippen LogP contribution in [0.25, 0.3) is 0 Å². The van der Waals surface area contributed by atoms with Crippen molar-refractivity contribution in [2.75, 3.05) is 19.6 Å². The van der Waals surface area contributed by atoms with Crippen molar-refractivity contribution in [1.82, 2.24) is 10.2 Å². The lowest BCUT2D eigenvalue weighted by atomic mass is 9.96. The first-order valence-corrected chi connectivity index (χ1v) is 7.62. The van der Waals surface area contributed by atoms with Crippen LogP contribution < -0.4 is 5.32 Å². The molecule has 0 spiro atoms. The zero-order valence-corrected chi connectivity index (χ0v) is 12.7. The molecule has 0 aliphatic carbocycles. The predicted molar refractivity (Wildman–Crippen MR) is 82.4 cm³/mol. The SMILES string of the molecule is CCNC(C)(C#N)CCCN1CCc2ccccc2C1. The summed E-state index contributed by atoms with van der Waals surface area (Å²) < 4.78 is 0. The Morgan fingerprint density at radius 3 is 2.80 bits per heavy atom. The smallest absolute Gasteiger partial charge is 0.103 e. The van der Waals surface area contributed by atoms with Crippen molar-refractivity contribution in [3.05, 3.63) is 35.4 Å². The third-order valence-corrected chi connectivity index (χ3v) is 4.17. The van der Waals surface area contributed by atoms with Gasteiger partial charge in [0.1, 0.15) is 5.54 Å². The molecule has 0 fully saturated rings. The molecule has 1 aliphatic rings.